The Morgan fingerprint density at radius 3 is 0.858 bits per heavy atom. The Balaban J connectivity index is 0.000000805. The van der Waals surface area contributed by atoms with E-state index in [2.05, 4.69) is 159 Å². The molecule has 0 amide bonds. The Morgan fingerprint density at radius 1 is 0.276 bits per heavy atom. The van der Waals surface area contributed by atoms with Crippen molar-refractivity contribution in [2.45, 2.75) is 366 Å². The van der Waals surface area contributed by atoms with Crippen LogP contribution in [-0.4, -0.2) is 96.3 Å². The van der Waals surface area contributed by atoms with Crippen LogP contribution in [0.5, 0.6) is 0 Å². The van der Waals surface area contributed by atoms with E-state index in [1.807, 2.05) is 23.5 Å². The Kier molecular flexibility index (Phi) is 71.6. The Hall–Kier alpha value is -7.73. The molecule has 0 heterocycles. The summed E-state index contributed by atoms with van der Waals surface area (Å²) in [5, 5.41) is 87.2. The second kappa shape index (κ2) is 77.2. The summed E-state index contributed by atoms with van der Waals surface area (Å²) in [5.74, 6) is 2.95. The zero-order chi connectivity index (χ0) is 99.9. The van der Waals surface area contributed by atoms with E-state index in [1.54, 1.807) is 47.4 Å². The maximum Gasteiger partial charge on any atom is 0.418 e. The molecule has 134 heavy (non-hydrogen) atoms. The van der Waals surface area contributed by atoms with E-state index in [-0.39, 0.29) is 39.0 Å². The average Bonchev–Trinajstić information content (AvgIpc) is 0.814. The lowest BCUT2D eigenvalue weighted by molar-refractivity contribution is -0.394. The number of nitro groups is 6. The van der Waals surface area contributed by atoms with Crippen LogP contribution in [-0.2, 0) is 6.18 Å². The number of unbranched alkanes of at least 4 members (excludes halogenated alkanes) is 18. The lowest BCUT2D eigenvalue weighted by Crippen LogP contribution is -2.13. The van der Waals surface area contributed by atoms with Gasteiger partial charge in [-0.1, -0.05) is 243 Å². The standard InChI is InChI=1S/C19H33NS.C17H27F2NS.C17H27N3O4S.C16H23F3N2O2S.C15H23N3O4S.C15H24N2O2S/c1-5-7-8-9-10-11-19(6-2)21-15-20-18-13-16(3)12-17(4)14-18;1-3-5-6-7-8-9-17(4-2)21-13-20-16-11-14(18)10-15(19)12-16;1-3-5-6-7-8-9-17(4-2)25-13-18-14-10-15(19(21)22)12-16(11-14)20(23)24;1-3-5-6-7-13(4-2)24-11-20-15-9-8-12(21(22)23)10-14(15)16(17,18)19;1-3-5-6-7-13(4-2)23-11-16-14-9-8-12(17(19)20)10-15(14)18(21)22;1-3-5-6-7-15(4-2)20-12-16-13-8-10-14(11-9-13)17(18)19/h12-14,19-20H,5-11,15H2,1-4H3;10-12,17,20H,3-9,13H2,1-2H3;10-12,17-18H,3-9,13H2,1-2H3;8-10,13,20H,3-7,11H2,1-2H3;8-10,13,16H,3-7,11H2,1-2H3;8-11,15-16H,3-7,12H2,1-2H3/t19-;2*17-;2*13-;15-/m000000/s1. The molecule has 0 spiro atoms. The van der Waals surface area contributed by atoms with E-state index < -0.39 is 53.7 Å². The molecule has 0 aliphatic rings. The molecule has 0 aliphatic heterocycles. The maximum absolute atomic E-state index is 13.1. The van der Waals surface area contributed by atoms with Crippen molar-refractivity contribution in [1.29, 1.82) is 0 Å². The van der Waals surface area contributed by atoms with E-state index in [0.717, 1.165) is 117 Å². The van der Waals surface area contributed by atoms with Crippen molar-refractivity contribution < 1.29 is 51.5 Å². The number of rotatable bonds is 66. The van der Waals surface area contributed by atoms with Crippen LogP contribution in [0.4, 0.5) is 90.2 Å². The zero-order valence-electron chi connectivity index (χ0n) is 82.1. The van der Waals surface area contributed by atoms with Crippen molar-refractivity contribution in [1.82, 2.24) is 0 Å². The van der Waals surface area contributed by atoms with Crippen LogP contribution in [0.1, 0.15) is 331 Å². The Morgan fingerprint density at radius 2 is 0.545 bits per heavy atom. The summed E-state index contributed by atoms with van der Waals surface area (Å²) in [6, 6.07) is 26.9. The first-order valence-electron chi connectivity index (χ1n) is 48.4. The van der Waals surface area contributed by atoms with Crippen molar-refractivity contribution >= 4 is 139 Å². The van der Waals surface area contributed by atoms with Gasteiger partial charge in [0.2, 0.25) is 0 Å². The second-order valence-electron chi connectivity index (χ2n) is 33.0. The molecule has 0 saturated heterocycles. The summed E-state index contributed by atoms with van der Waals surface area (Å²) in [6.45, 7) is 30.7. The monoisotopic (exact) mass is 1990 g/mol. The van der Waals surface area contributed by atoms with Gasteiger partial charge in [-0.25, -0.2) is 8.78 Å². The highest BCUT2D eigenvalue weighted by Crippen LogP contribution is 2.39. The summed E-state index contributed by atoms with van der Waals surface area (Å²) in [4.78, 5) is 61.1. The zero-order valence-corrected chi connectivity index (χ0v) is 87.0. The average molecular weight is 1990 g/mol. The minimum absolute atomic E-state index is 0.121. The van der Waals surface area contributed by atoms with Gasteiger partial charge < -0.3 is 31.9 Å². The number of thioether (sulfide) groups is 6. The first-order valence-corrected chi connectivity index (χ1v) is 54.7. The summed E-state index contributed by atoms with van der Waals surface area (Å²) in [7, 11) is 0. The van der Waals surface area contributed by atoms with Gasteiger partial charge in [0.05, 0.1) is 82.5 Å². The van der Waals surface area contributed by atoms with Crippen LogP contribution < -0.4 is 31.9 Å². The van der Waals surface area contributed by atoms with E-state index in [9.17, 15) is 82.6 Å². The number of nitro benzene ring substituents is 6. The Bertz CT molecular complexity index is 4040. The predicted molar refractivity (Wildman–Crippen MR) is 566 cm³/mol. The number of benzene rings is 6. The minimum atomic E-state index is -4.63. The molecular weight excluding hydrogens is 1840 g/mol. The van der Waals surface area contributed by atoms with Crippen LogP contribution >= 0.6 is 70.6 Å². The first-order chi connectivity index (χ1) is 64.2. The van der Waals surface area contributed by atoms with E-state index in [1.165, 1.54) is 232 Å². The molecule has 6 aromatic rings. The molecule has 0 fully saturated rings. The van der Waals surface area contributed by atoms with Crippen molar-refractivity contribution in [3.05, 3.63) is 204 Å². The molecule has 6 aromatic carbocycles. The van der Waals surface area contributed by atoms with Crippen LogP contribution in [0.2, 0.25) is 0 Å². The molecule has 756 valence electrons. The van der Waals surface area contributed by atoms with Crippen molar-refractivity contribution in [3.63, 3.8) is 0 Å². The van der Waals surface area contributed by atoms with Crippen LogP contribution in [0.3, 0.4) is 0 Å². The number of hydrogen-bond acceptors (Lipinski definition) is 24. The van der Waals surface area contributed by atoms with Gasteiger partial charge in [0.25, 0.3) is 34.1 Å². The summed E-state index contributed by atoms with van der Waals surface area (Å²) >= 11 is 10.9. The summed E-state index contributed by atoms with van der Waals surface area (Å²) in [6.07, 6.45) is 40.0. The van der Waals surface area contributed by atoms with E-state index >= 15 is 0 Å². The normalized spacial score (nSPS) is 12.3. The van der Waals surface area contributed by atoms with E-state index in [4.69, 9.17) is 0 Å². The summed E-state index contributed by atoms with van der Waals surface area (Å²) < 4.78 is 65.4. The highest BCUT2D eigenvalue weighted by Gasteiger charge is 2.35. The molecule has 0 aromatic heterocycles. The van der Waals surface area contributed by atoms with Gasteiger partial charge >= 0.3 is 6.18 Å². The smallest absolute Gasteiger partial charge is 0.376 e. The molecule has 0 bridgehead atoms. The molecule has 6 rings (SSSR count). The quantitative estimate of drug-likeness (QED) is 0.00679. The predicted octanol–water partition coefficient (Wildman–Crippen LogP) is 34.6. The fourth-order valence-corrected chi connectivity index (χ4v) is 20.3. The van der Waals surface area contributed by atoms with Gasteiger partial charge in [-0.2, -0.15) is 13.2 Å². The number of nitrogens with zero attached hydrogens (tertiary/aromatic N) is 6. The third-order valence-corrected chi connectivity index (χ3v) is 30.1. The maximum atomic E-state index is 13.1. The fourth-order valence-electron chi connectivity index (χ4n) is 14.0. The number of halogens is 5. The van der Waals surface area contributed by atoms with Crippen LogP contribution in [0.15, 0.2) is 115 Å². The lowest BCUT2D eigenvalue weighted by Gasteiger charge is -2.17. The number of hydrogen-bond donors (Lipinski definition) is 6. The molecular formula is C99H157F5N12O12S6. The number of nitrogens with one attached hydrogen (secondary N) is 6. The van der Waals surface area contributed by atoms with Crippen LogP contribution in [0, 0.1) is 86.2 Å². The minimum Gasteiger partial charge on any atom is -0.376 e. The van der Waals surface area contributed by atoms with E-state index in [0.29, 0.717) is 72.9 Å². The molecule has 0 saturated carbocycles. The third-order valence-electron chi connectivity index (χ3n) is 21.9. The van der Waals surface area contributed by atoms with Gasteiger partial charge in [0.15, 0.2) is 0 Å². The van der Waals surface area contributed by atoms with Gasteiger partial charge in [-0.05, 0) is 151 Å². The highest BCUT2D eigenvalue weighted by atomic mass is 32.2. The van der Waals surface area contributed by atoms with Gasteiger partial charge in [-0.3, -0.25) is 60.7 Å². The molecule has 0 radical (unpaired) electrons. The second-order valence-corrected chi connectivity index (χ2v) is 40.7. The molecule has 0 unspecified atom stereocenters. The number of anilines is 6. The lowest BCUT2D eigenvalue weighted by atomic mass is 10.1. The number of alkyl halides is 3. The highest BCUT2D eigenvalue weighted by molar-refractivity contribution is 8.01. The molecule has 35 heteroatoms. The molecule has 6 atom stereocenters. The number of non-ortho nitro benzene ring substituents is 5. The van der Waals surface area contributed by atoms with Crippen molar-refractivity contribution in [3.8, 4) is 0 Å². The number of aryl methyl sites for hydroxylation is 2. The van der Waals surface area contributed by atoms with Gasteiger partial charge in [-0.15, -0.1) is 70.6 Å². The van der Waals surface area contributed by atoms with Gasteiger partial charge in [0, 0.05) is 108 Å². The third kappa shape index (κ3) is 59.4. The SMILES string of the molecule is CCCCCCC[C@H](CC)SCNc1cc(C)cc(C)c1.CCCCCCC[C@H](CC)SCNc1cc(F)cc(F)c1.CCCCCCC[C@H](CC)SCNc1cc([N+](=O)[O-])cc([N+](=O)[O-])c1.CCCCC[C@H](CC)SCNc1ccc([N+](=O)[O-])cc1.CCCCC[C@H](CC)SCNc1ccc([N+](=O)[O-])cc1C(F)(F)F.CCCCC[C@H](CC)SCNc1ccc([N+](=O)[O-])cc1[N+](=O)[O-]. The van der Waals surface area contributed by atoms with Gasteiger partial charge in [0.1, 0.15) is 17.3 Å². The van der Waals surface area contributed by atoms with Crippen molar-refractivity contribution in [2.75, 3.05) is 67.2 Å². The van der Waals surface area contributed by atoms with Crippen molar-refractivity contribution in [2.24, 2.45) is 0 Å². The van der Waals surface area contributed by atoms with Crippen LogP contribution in [0.25, 0.3) is 0 Å². The molecule has 0 aliphatic carbocycles. The molecule has 24 nitrogen and oxygen atoms in total. The largest absolute Gasteiger partial charge is 0.418 e. The summed E-state index contributed by atoms with van der Waals surface area (Å²) in [5.41, 5.74) is 3.47. The Labute approximate surface area is 822 Å². The topological polar surface area (TPSA) is 331 Å². The first kappa shape index (κ1) is 124. The fraction of sp³-hybridized carbons (Fsp3) is 0.636. The molecule has 6 N–H and O–H groups in total.